The van der Waals surface area contributed by atoms with Gasteiger partial charge in [-0.15, -0.1) is 0 Å². The lowest BCUT2D eigenvalue weighted by atomic mass is 10.1. The van der Waals surface area contributed by atoms with Crippen LogP contribution < -0.4 is 10.6 Å². The molecule has 1 fully saturated rings. The summed E-state index contributed by atoms with van der Waals surface area (Å²) in [6, 6.07) is 0.179. The van der Waals surface area contributed by atoms with Crippen LogP contribution in [0.4, 0.5) is 0 Å². The summed E-state index contributed by atoms with van der Waals surface area (Å²) in [5.41, 5.74) is 0. The van der Waals surface area contributed by atoms with Gasteiger partial charge in [-0.2, -0.15) is 0 Å². The van der Waals surface area contributed by atoms with Gasteiger partial charge in [-0.05, 0) is 26.7 Å². The molecule has 0 spiro atoms. The molecule has 3 unspecified atom stereocenters. The molecule has 3 atom stereocenters. The third-order valence-electron chi connectivity index (χ3n) is 3.06. The molecule has 0 aliphatic carbocycles. The van der Waals surface area contributed by atoms with E-state index in [0.717, 1.165) is 32.4 Å². The SMILES string of the molecule is CCCCNC(=O)C(C)NC1CCOC1C. The zero-order valence-corrected chi connectivity index (χ0v) is 10.6. The molecular weight excluding hydrogens is 204 g/mol. The molecule has 4 nitrogen and oxygen atoms in total. The Morgan fingerprint density at radius 2 is 2.31 bits per heavy atom. The van der Waals surface area contributed by atoms with Crippen LogP contribution in [0.1, 0.15) is 40.0 Å². The van der Waals surface area contributed by atoms with E-state index in [9.17, 15) is 4.79 Å². The molecule has 1 aliphatic rings. The van der Waals surface area contributed by atoms with E-state index in [2.05, 4.69) is 17.6 Å². The second-order valence-electron chi connectivity index (χ2n) is 4.50. The van der Waals surface area contributed by atoms with Crippen LogP contribution in [0.3, 0.4) is 0 Å². The maximum atomic E-state index is 11.7. The lowest BCUT2D eigenvalue weighted by Gasteiger charge is -2.21. The summed E-state index contributed by atoms with van der Waals surface area (Å²) in [5, 5.41) is 6.25. The molecule has 2 N–H and O–H groups in total. The summed E-state index contributed by atoms with van der Waals surface area (Å²) >= 11 is 0. The van der Waals surface area contributed by atoms with Crippen molar-refractivity contribution in [3.05, 3.63) is 0 Å². The Labute approximate surface area is 98.1 Å². The van der Waals surface area contributed by atoms with Crippen molar-refractivity contribution in [1.29, 1.82) is 0 Å². The van der Waals surface area contributed by atoms with E-state index < -0.39 is 0 Å². The number of nitrogens with one attached hydrogen (secondary N) is 2. The highest BCUT2D eigenvalue weighted by molar-refractivity contribution is 5.81. The van der Waals surface area contributed by atoms with E-state index in [1.54, 1.807) is 0 Å². The summed E-state index contributed by atoms with van der Waals surface area (Å²) < 4.78 is 5.45. The maximum absolute atomic E-state index is 11.7. The van der Waals surface area contributed by atoms with Crippen LogP contribution in [-0.2, 0) is 9.53 Å². The molecule has 1 aliphatic heterocycles. The monoisotopic (exact) mass is 228 g/mol. The lowest BCUT2D eigenvalue weighted by Crippen LogP contribution is -2.48. The van der Waals surface area contributed by atoms with Gasteiger partial charge in [-0.3, -0.25) is 4.79 Å². The normalized spacial score (nSPS) is 26.7. The first-order chi connectivity index (χ1) is 7.65. The molecule has 1 rings (SSSR count). The zero-order valence-electron chi connectivity index (χ0n) is 10.6. The molecule has 1 amide bonds. The van der Waals surface area contributed by atoms with Crippen LogP contribution in [-0.4, -0.2) is 37.2 Å². The molecule has 0 bridgehead atoms. The number of rotatable bonds is 6. The Bertz CT molecular complexity index is 221. The molecule has 1 saturated heterocycles. The molecule has 16 heavy (non-hydrogen) atoms. The average Bonchev–Trinajstić information content (AvgIpc) is 2.64. The molecule has 0 aromatic carbocycles. The van der Waals surface area contributed by atoms with Crippen molar-refractivity contribution in [2.45, 2.75) is 58.2 Å². The first-order valence-corrected chi connectivity index (χ1v) is 6.30. The Hall–Kier alpha value is -0.610. The quantitative estimate of drug-likeness (QED) is 0.668. The van der Waals surface area contributed by atoms with E-state index in [4.69, 9.17) is 4.74 Å². The minimum atomic E-state index is -0.133. The topological polar surface area (TPSA) is 50.4 Å². The predicted molar refractivity (Wildman–Crippen MR) is 64.3 cm³/mol. The smallest absolute Gasteiger partial charge is 0.236 e. The van der Waals surface area contributed by atoms with Gasteiger partial charge in [0, 0.05) is 19.2 Å². The second kappa shape index (κ2) is 6.86. The van der Waals surface area contributed by atoms with Crippen molar-refractivity contribution < 1.29 is 9.53 Å². The number of unbranched alkanes of at least 4 members (excludes halogenated alkanes) is 1. The van der Waals surface area contributed by atoms with Crippen LogP contribution >= 0.6 is 0 Å². The second-order valence-corrected chi connectivity index (χ2v) is 4.50. The van der Waals surface area contributed by atoms with Crippen molar-refractivity contribution in [2.75, 3.05) is 13.2 Å². The summed E-state index contributed by atoms with van der Waals surface area (Å²) in [7, 11) is 0. The van der Waals surface area contributed by atoms with Gasteiger partial charge in [0.1, 0.15) is 0 Å². The number of amides is 1. The molecule has 94 valence electrons. The van der Waals surface area contributed by atoms with Crippen molar-refractivity contribution in [1.82, 2.24) is 10.6 Å². The fourth-order valence-corrected chi connectivity index (χ4v) is 1.89. The van der Waals surface area contributed by atoms with E-state index in [-0.39, 0.29) is 18.1 Å². The first kappa shape index (κ1) is 13.5. The van der Waals surface area contributed by atoms with Crippen LogP contribution in [0.15, 0.2) is 0 Å². The van der Waals surface area contributed by atoms with Gasteiger partial charge >= 0.3 is 0 Å². The highest BCUT2D eigenvalue weighted by Gasteiger charge is 2.26. The van der Waals surface area contributed by atoms with Crippen LogP contribution in [0.25, 0.3) is 0 Å². The lowest BCUT2D eigenvalue weighted by molar-refractivity contribution is -0.123. The Kier molecular flexibility index (Phi) is 5.77. The molecule has 4 heteroatoms. The van der Waals surface area contributed by atoms with E-state index in [1.807, 2.05) is 13.8 Å². The number of hydrogen-bond donors (Lipinski definition) is 2. The predicted octanol–water partition coefficient (Wildman–Crippen LogP) is 1.06. The minimum Gasteiger partial charge on any atom is -0.377 e. The number of carbonyl (C=O) groups is 1. The van der Waals surface area contributed by atoms with Crippen LogP contribution in [0.5, 0.6) is 0 Å². The first-order valence-electron chi connectivity index (χ1n) is 6.30. The minimum absolute atomic E-state index is 0.0903. The van der Waals surface area contributed by atoms with Crippen molar-refractivity contribution in [3.8, 4) is 0 Å². The van der Waals surface area contributed by atoms with Crippen molar-refractivity contribution in [3.63, 3.8) is 0 Å². The molecule has 0 aromatic heterocycles. The van der Waals surface area contributed by atoms with Gasteiger partial charge in [-0.1, -0.05) is 13.3 Å². The van der Waals surface area contributed by atoms with Crippen molar-refractivity contribution >= 4 is 5.91 Å². The Morgan fingerprint density at radius 1 is 1.56 bits per heavy atom. The van der Waals surface area contributed by atoms with Crippen molar-refractivity contribution in [2.24, 2.45) is 0 Å². The number of ether oxygens (including phenoxy) is 1. The van der Waals surface area contributed by atoms with E-state index in [1.165, 1.54) is 0 Å². The van der Waals surface area contributed by atoms with Gasteiger partial charge in [-0.25, -0.2) is 0 Å². The number of carbonyl (C=O) groups excluding carboxylic acids is 1. The third-order valence-corrected chi connectivity index (χ3v) is 3.06. The van der Waals surface area contributed by atoms with Crippen LogP contribution in [0.2, 0.25) is 0 Å². The molecule has 0 saturated carbocycles. The van der Waals surface area contributed by atoms with E-state index >= 15 is 0 Å². The van der Waals surface area contributed by atoms with Gasteiger partial charge in [0.2, 0.25) is 5.91 Å². The highest BCUT2D eigenvalue weighted by atomic mass is 16.5. The van der Waals surface area contributed by atoms with Gasteiger partial charge in [0.15, 0.2) is 0 Å². The largest absolute Gasteiger partial charge is 0.377 e. The molecule has 0 radical (unpaired) electrons. The fourth-order valence-electron chi connectivity index (χ4n) is 1.89. The number of hydrogen-bond acceptors (Lipinski definition) is 3. The molecule has 0 aromatic rings. The van der Waals surface area contributed by atoms with Gasteiger partial charge < -0.3 is 15.4 Å². The maximum Gasteiger partial charge on any atom is 0.236 e. The zero-order chi connectivity index (χ0) is 12.0. The summed E-state index contributed by atoms with van der Waals surface area (Å²) in [6.45, 7) is 7.64. The summed E-state index contributed by atoms with van der Waals surface area (Å²) in [5.74, 6) is 0.0903. The molecule has 1 heterocycles. The Morgan fingerprint density at radius 3 is 2.88 bits per heavy atom. The molecular formula is C12H24N2O2. The Balaban J connectivity index is 2.22. The average molecular weight is 228 g/mol. The van der Waals surface area contributed by atoms with Gasteiger partial charge in [0.25, 0.3) is 0 Å². The fraction of sp³-hybridized carbons (Fsp3) is 0.917. The standard InChI is InChI=1S/C12H24N2O2/c1-4-5-7-13-12(15)9(2)14-11-6-8-16-10(11)3/h9-11,14H,4-8H2,1-3H3,(H,13,15). The van der Waals surface area contributed by atoms with E-state index in [0.29, 0.717) is 6.04 Å². The third kappa shape index (κ3) is 4.10. The van der Waals surface area contributed by atoms with Crippen LogP contribution in [0, 0.1) is 0 Å². The van der Waals surface area contributed by atoms with Gasteiger partial charge in [0.05, 0.1) is 12.1 Å². The highest BCUT2D eigenvalue weighted by Crippen LogP contribution is 2.13. The summed E-state index contributed by atoms with van der Waals surface area (Å²) in [4.78, 5) is 11.7. The summed E-state index contributed by atoms with van der Waals surface area (Å²) in [6.07, 6.45) is 3.36.